The molecule has 21 heavy (non-hydrogen) atoms. The van der Waals surface area contributed by atoms with Gasteiger partial charge in [-0.1, -0.05) is 24.3 Å². The van der Waals surface area contributed by atoms with E-state index in [1.165, 1.54) is 16.9 Å². The Morgan fingerprint density at radius 3 is 2.81 bits per heavy atom. The fraction of sp³-hybridized carbons (Fsp3) is 0.250. The van der Waals surface area contributed by atoms with Crippen LogP contribution >= 0.6 is 11.3 Å². The highest BCUT2D eigenvalue weighted by Crippen LogP contribution is 2.27. The molecule has 0 bridgehead atoms. The second-order valence-electron chi connectivity index (χ2n) is 5.04. The fourth-order valence-electron chi connectivity index (χ4n) is 2.54. The van der Waals surface area contributed by atoms with Gasteiger partial charge in [0.25, 0.3) is 5.91 Å². The van der Waals surface area contributed by atoms with E-state index in [0.717, 1.165) is 12.1 Å². The van der Waals surface area contributed by atoms with Gasteiger partial charge in [-0.05, 0) is 36.4 Å². The first-order chi connectivity index (χ1) is 10.2. The number of hydrogen-bond donors (Lipinski definition) is 1. The minimum absolute atomic E-state index is 0.0649. The van der Waals surface area contributed by atoms with Gasteiger partial charge in [0.2, 0.25) is 5.91 Å². The van der Waals surface area contributed by atoms with Crippen molar-refractivity contribution < 1.29 is 9.59 Å². The molecular weight excluding hydrogens is 284 g/mol. The Morgan fingerprint density at radius 1 is 1.24 bits per heavy atom. The molecule has 0 saturated carbocycles. The molecule has 4 nitrogen and oxygen atoms in total. The molecule has 0 unspecified atom stereocenters. The predicted molar refractivity (Wildman–Crippen MR) is 83.7 cm³/mol. The summed E-state index contributed by atoms with van der Waals surface area (Å²) < 4.78 is 0. The molecule has 1 aliphatic heterocycles. The van der Waals surface area contributed by atoms with Crippen LogP contribution in [0.3, 0.4) is 0 Å². The molecule has 0 saturated heterocycles. The standard InChI is InChI=1S/C16H16N2O2S/c1-11(17-15(19)14-7-4-10-21-14)16(20)18-9-8-12-5-2-3-6-13(12)18/h2-7,10-11H,8-9H2,1H3,(H,17,19)/t11-/m0/s1. The van der Waals surface area contributed by atoms with Crippen LogP contribution in [-0.2, 0) is 11.2 Å². The van der Waals surface area contributed by atoms with Crippen molar-refractivity contribution in [3.63, 3.8) is 0 Å². The van der Waals surface area contributed by atoms with Crippen molar-refractivity contribution in [2.45, 2.75) is 19.4 Å². The third-order valence-electron chi connectivity index (χ3n) is 3.62. The first-order valence-corrected chi connectivity index (χ1v) is 7.78. The lowest BCUT2D eigenvalue weighted by atomic mass is 10.2. The molecule has 2 aromatic rings. The van der Waals surface area contributed by atoms with E-state index in [9.17, 15) is 9.59 Å². The van der Waals surface area contributed by atoms with E-state index in [1.54, 1.807) is 17.9 Å². The van der Waals surface area contributed by atoms with Crippen molar-refractivity contribution >= 4 is 28.8 Å². The lowest BCUT2D eigenvalue weighted by Crippen LogP contribution is -2.46. The van der Waals surface area contributed by atoms with Gasteiger partial charge in [0.15, 0.2) is 0 Å². The molecule has 5 heteroatoms. The summed E-state index contributed by atoms with van der Waals surface area (Å²) >= 11 is 1.37. The van der Waals surface area contributed by atoms with E-state index < -0.39 is 6.04 Å². The molecule has 2 amide bonds. The third kappa shape index (κ3) is 2.69. The lowest BCUT2D eigenvalue weighted by molar-refractivity contribution is -0.119. The number of para-hydroxylation sites is 1. The molecule has 0 fully saturated rings. The van der Waals surface area contributed by atoms with Crippen molar-refractivity contribution in [1.29, 1.82) is 0 Å². The topological polar surface area (TPSA) is 49.4 Å². The summed E-state index contributed by atoms with van der Waals surface area (Å²) in [7, 11) is 0. The van der Waals surface area contributed by atoms with Crippen molar-refractivity contribution in [1.82, 2.24) is 5.32 Å². The number of benzene rings is 1. The van der Waals surface area contributed by atoms with E-state index in [1.807, 2.05) is 35.7 Å². The summed E-state index contributed by atoms with van der Waals surface area (Å²) in [6.45, 7) is 2.41. The van der Waals surface area contributed by atoms with Gasteiger partial charge in [-0.2, -0.15) is 0 Å². The summed E-state index contributed by atoms with van der Waals surface area (Å²) in [4.78, 5) is 26.9. The van der Waals surface area contributed by atoms with Crippen molar-refractivity contribution in [2.24, 2.45) is 0 Å². The number of carbonyl (C=O) groups is 2. The molecular formula is C16H16N2O2S. The first-order valence-electron chi connectivity index (χ1n) is 6.90. The number of rotatable bonds is 3. The quantitative estimate of drug-likeness (QED) is 0.946. The smallest absolute Gasteiger partial charge is 0.261 e. The van der Waals surface area contributed by atoms with E-state index in [-0.39, 0.29) is 11.8 Å². The molecule has 3 rings (SSSR count). The molecule has 1 N–H and O–H groups in total. The molecule has 108 valence electrons. The van der Waals surface area contributed by atoms with Gasteiger partial charge >= 0.3 is 0 Å². The minimum atomic E-state index is -0.536. The number of hydrogen-bond acceptors (Lipinski definition) is 3. The molecule has 1 aromatic heterocycles. The second-order valence-corrected chi connectivity index (χ2v) is 5.99. The highest BCUT2D eigenvalue weighted by molar-refractivity contribution is 7.12. The van der Waals surface area contributed by atoms with Crippen LogP contribution in [0.1, 0.15) is 22.2 Å². The zero-order valence-corrected chi connectivity index (χ0v) is 12.5. The summed E-state index contributed by atoms with van der Waals surface area (Å²) in [6, 6.07) is 10.9. The molecule has 1 atom stereocenters. The van der Waals surface area contributed by atoms with Gasteiger partial charge in [-0.25, -0.2) is 0 Å². The zero-order valence-electron chi connectivity index (χ0n) is 11.7. The van der Waals surface area contributed by atoms with Gasteiger partial charge < -0.3 is 10.2 Å². The molecule has 0 spiro atoms. The first kappa shape index (κ1) is 13.8. The van der Waals surface area contributed by atoms with Crippen LogP contribution in [0.2, 0.25) is 0 Å². The number of thiophene rings is 1. The van der Waals surface area contributed by atoms with Crippen LogP contribution in [0, 0.1) is 0 Å². The van der Waals surface area contributed by atoms with Gasteiger partial charge in [-0.15, -0.1) is 11.3 Å². The number of nitrogens with zero attached hydrogens (tertiary/aromatic N) is 1. The van der Waals surface area contributed by atoms with Gasteiger partial charge in [0.1, 0.15) is 6.04 Å². The highest BCUT2D eigenvalue weighted by Gasteiger charge is 2.28. The SMILES string of the molecule is C[C@H](NC(=O)c1cccs1)C(=O)N1CCc2ccccc21. The maximum Gasteiger partial charge on any atom is 0.261 e. The van der Waals surface area contributed by atoms with Crippen molar-refractivity contribution in [2.75, 3.05) is 11.4 Å². The van der Waals surface area contributed by atoms with Gasteiger partial charge in [-0.3, -0.25) is 9.59 Å². The molecule has 1 aromatic carbocycles. The van der Waals surface area contributed by atoms with Crippen LogP contribution in [0.25, 0.3) is 0 Å². The summed E-state index contributed by atoms with van der Waals surface area (Å²) in [6.07, 6.45) is 0.869. The van der Waals surface area contributed by atoms with E-state index in [4.69, 9.17) is 0 Å². The highest BCUT2D eigenvalue weighted by atomic mass is 32.1. The number of carbonyl (C=O) groups excluding carboxylic acids is 2. The summed E-state index contributed by atoms with van der Waals surface area (Å²) in [5.74, 6) is -0.261. The second kappa shape index (κ2) is 5.69. The monoisotopic (exact) mass is 300 g/mol. The molecule has 0 aliphatic carbocycles. The van der Waals surface area contributed by atoms with Crippen LogP contribution in [0.4, 0.5) is 5.69 Å². The van der Waals surface area contributed by atoms with E-state index in [0.29, 0.717) is 11.4 Å². The van der Waals surface area contributed by atoms with Crippen LogP contribution < -0.4 is 10.2 Å². The maximum absolute atomic E-state index is 12.5. The normalized spacial score (nSPS) is 14.6. The van der Waals surface area contributed by atoms with Gasteiger partial charge in [0, 0.05) is 12.2 Å². The molecule has 0 radical (unpaired) electrons. The van der Waals surface area contributed by atoms with Crippen molar-refractivity contribution in [3.8, 4) is 0 Å². The average molecular weight is 300 g/mol. The van der Waals surface area contributed by atoms with Crippen LogP contribution in [0.15, 0.2) is 41.8 Å². The maximum atomic E-state index is 12.5. The Balaban J connectivity index is 1.70. The van der Waals surface area contributed by atoms with Crippen molar-refractivity contribution in [3.05, 3.63) is 52.2 Å². The number of amides is 2. The average Bonchev–Trinajstić information content (AvgIpc) is 3.15. The Kier molecular flexibility index (Phi) is 3.75. The largest absolute Gasteiger partial charge is 0.340 e. The zero-order chi connectivity index (χ0) is 14.8. The Morgan fingerprint density at radius 2 is 2.05 bits per heavy atom. The fourth-order valence-corrected chi connectivity index (χ4v) is 3.17. The van der Waals surface area contributed by atoms with Gasteiger partial charge in [0.05, 0.1) is 4.88 Å². The Bertz CT molecular complexity index is 667. The summed E-state index contributed by atoms with van der Waals surface area (Å²) in [5, 5.41) is 4.62. The van der Waals surface area contributed by atoms with Crippen LogP contribution in [-0.4, -0.2) is 24.4 Å². The van der Waals surface area contributed by atoms with E-state index in [2.05, 4.69) is 5.32 Å². The number of nitrogens with one attached hydrogen (secondary N) is 1. The molecule has 1 aliphatic rings. The molecule has 2 heterocycles. The third-order valence-corrected chi connectivity index (χ3v) is 4.48. The summed E-state index contributed by atoms with van der Waals surface area (Å²) in [5.41, 5.74) is 2.14. The number of fused-ring (bicyclic) bond motifs is 1. The van der Waals surface area contributed by atoms with E-state index >= 15 is 0 Å². The lowest BCUT2D eigenvalue weighted by Gasteiger charge is -2.22. The Hall–Kier alpha value is -2.14. The Labute approximate surface area is 127 Å². The number of anilines is 1. The van der Waals surface area contributed by atoms with Crippen LogP contribution in [0.5, 0.6) is 0 Å². The minimum Gasteiger partial charge on any atom is -0.340 e. The predicted octanol–water partition coefficient (Wildman–Crippen LogP) is 2.46.